The molecule has 0 amide bonds. The fourth-order valence-corrected chi connectivity index (χ4v) is 4.74. The Kier molecular flexibility index (Phi) is 14.9. The van der Waals surface area contributed by atoms with Crippen LogP contribution in [-0.4, -0.2) is 18.1 Å². The Labute approximate surface area is 216 Å². The van der Waals surface area contributed by atoms with Crippen LogP contribution in [0.4, 0.5) is 0 Å². The fraction of sp³-hybridized carbons (Fsp3) is 0.308. The average molecular weight is 551 g/mol. The molecule has 1 unspecified atom stereocenters. The van der Waals surface area contributed by atoms with Crippen molar-refractivity contribution in [2.75, 3.05) is 0 Å². The molecule has 0 N–H and O–H groups in total. The predicted octanol–water partition coefficient (Wildman–Crippen LogP) is 1.38. The summed E-state index contributed by atoms with van der Waals surface area (Å²) in [6.07, 6.45) is 9.96. The van der Waals surface area contributed by atoms with Gasteiger partial charge in [-0.1, -0.05) is 36.4 Å². The quantitative estimate of drug-likeness (QED) is 0.353. The molecule has 0 saturated heterocycles. The van der Waals surface area contributed by atoms with Gasteiger partial charge in [-0.05, 0) is 33.0 Å². The fourth-order valence-electron chi connectivity index (χ4n) is 3.45. The van der Waals surface area contributed by atoms with Gasteiger partial charge in [0.2, 0.25) is 0 Å². The van der Waals surface area contributed by atoms with E-state index >= 15 is 0 Å². The van der Waals surface area contributed by atoms with E-state index in [0.717, 1.165) is 12.8 Å². The summed E-state index contributed by atoms with van der Waals surface area (Å²) < 4.78 is 8.03. The molecule has 166 valence electrons. The van der Waals surface area contributed by atoms with E-state index in [9.17, 15) is 0 Å². The first-order chi connectivity index (χ1) is 13.8. The summed E-state index contributed by atoms with van der Waals surface area (Å²) >= 11 is 1.51. The molecule has 0 heterocycles. The summed E-state index contributed by atoms with van der Waals surface area (Å²) in [5.74, 6) is 0. The molecule has 0 bridgehead atoms. The minimum Gasteiger partial charge on any atom is -1.00 e. The molecule has 0 radical (unpaired) electrons. The number of rotatable bonds is 4. The molecule has 0 aromatic heterocycles. The molecule has 0 spiro atoms. The zero-order valence-corrected chi connectivity index (χ0v) is 24.1. The van der Waals surface area contributed by atoms with Gasteiger partial charge in [-0.15, -0.1) is 46.2 Å². The largest absolute Gasteiger partial charge is 1.00 e. The zero-order valence-electron chi connectivity index (χ0n) is 19.1. The Morgan fingerprint density at radius 3 is 1.94 bits per heavy atom. The van der Waals surface area contributed by atoms with Crippen LogP contribution in [0.25, 0.3) is 21.5 Å². The first-order valence-corrected chi connectivity index (χ1v) is 15.1. The SMILES string of the molecule is CC(CC1=[C-]CC=C1)O[Si](C)(C)C.C[CH]=[Zr+2].[Cl-].[Cl-].c1ccc2c(c1)[cH-]c1ccccc12. The van der Waals surface area contributed by atoms with Crippen molar-refractivity contribution in [2.45, 2.75) is 52.4 Å². The van der Waals surface area contributed by atoms with Crippen LogP contribution in [0.1, 0.15) is 26.7 Å². The van der Waals surface area contributed by atoms with E-state index in [0.29, 0.717) is 6.10 Å². The van der Waals surface area contributed by atoms with Crippen LogP contribution in [0.2, 0.25) is 19.6 Å². The molecule has 31 heavy (non-hydrogen) atoms. The van der Waals surface area contributed by atoms with E-state index in [2.05, 4.69) is 103 Å². The van der Waals surface area contributed by atoms with E-state index in [1.807, 2.05) is 6.92 Å². The molecular weight excluding hydrogens is 519 g/mol. The van der Waals surface area contributed by atoms with Crippen molar-refractivity contribution in [1.82, 2.24) is 0 Å². The maximum absolute atomic E-state index is 5.94. The van der Waals surface area contributed by atoms with Crippen molar-refractivity contribution in [2.24, 2.45) is 0 Å². The van der Waals surface area contributed by atoms with Crippen molar-refractivity contribution in [3.63, 3.8) is 0 Å². The molecular formula is C26H32Cl2OSiZr-2. The molecule has 3 aromatic rings. The second-order valence-corrected chi connectivity index (χ2v) is 14.0. The van der Waals surface area contributed by atoms with Gasteiger partial charge in [0.15, 0.2) is 8.32 Å². The van der Waals surface area contributed by atoms with Crippen LogP contribution in [0.3, 0.4) is 0 Å². The number of allylic oxidation sites excluding steroid dienone is 3. The Hall–Kier alpha value is -0.700. The van der Waals surface area contributed by atoms with Gasteiger partial charge in [0, 0.05) is 6.10 Å². The Bertz CT molecular complexity index is 935. The van der Waals surface area contributed by atoms with Gasteiger partial charge in [0.1, 0.15) is 0 Å². The predicted molar refractivity (Wildman–Crippen MR) is 128 cm³/mol. The van der Waals surface area contributed by atoms with Crippen molar-refractivity contribution in [3.05, 3.63) is 78.4 Å². The van der Waals surface area contributed by atoms with Gasteiger partial charge in [0.25, 0.3) is 0 Å². The van der Waals surface area contributed by atoms with Crippen molar-refractivity contribution in [3.8, 4) is 0 Å². The third-order valence-electron chi connectivity index (χ3n) is 4.35. The molecule has 1 atom stereocenters. The summed E-state index contributed by atoms with van der Waals surface area (Å²) in [7, 11) is -1.36. The maximum atomic E-state index is 5.94. The molecule has 3 aromatic carbocycles. The first-order valence-electron chi connectivity index (χ1n) is 10.3. The van der Waals surface area contributed by atoms with Gasteiger partial charge in [0.05, 0.1) is 0 Å². The van der Waals surface area contributed by atoms with Crippen molar-refractivity contribution < 1.29 is 53.5 Å². The number of benzene rings is 2. The van der Waals surface area contributed by atoms with Crippen LogP contribution < -0.4 is 24.8 Å². The van der Waals surface area contributed by atoms with Crippen molar-refractivity contribution >= 4 is 33.6 Å². The van der Waals surface area contributed by atoms with Gasteiger partial charge < -0.3 is 29.2 Å². The molecule has 0 saturated carbocycles. The number of hydrogen-bond acceptors (Lipinski definition) is 1. The maximum Gasteiger partial charge on any atom is -0.0771 e. The van der Waals surface area contributed by atoms with Gasteiger partial charge >= 0.3 is 34.9 Å². The van der Waals surface area contributed by atoms with Gasteiger partial charge in [-0.25, -0.2) is 11.6 Å². The molecule has 1 aliphatic carbocycles. The Morgan fingerprint density at radius 2 is 1.52 bits per heavy atom. The molecule has 0 aliphatic heterocycles. The van der Waals surface area contributed by atoms with E-state index in [1.54, 1.807) is 0 Å². The topological polar surface area (TPSA) is 9.23 Å². The summed E-state index contributed by atoms with van der Waals surface area (Å²) in [5.41, 5.74) is 1.31. The summed E-state index contributed by atoms with van der Waals surface area (Å²) in [6, 6.07) is 19.3. The van der Waals surface area contributed by atoms with Gasteiger partial charge in [-0.3, -0.25) is 6.08 Å². The van der Waals surface area contributed by atoms with Crippen molar-refractivity contribution in [1.29, 1.82) is 0 Å². The summed E-state index contributed by atoms with van der Waals surface area (Å²) in [5, 5.41) is 5.39. The summed E-state index contributed by atoms with van der Waals surface area (Å²) in [6.45, 7) is 10.9. The van der Waals surface area contributed by atoms with Crippen LogP contribution in [0.5, 0.6) is 0 Å². The molecule has 1 nitrogen and oxygen atoms in total. The zero-order chi connectivity index (χ0) is 21.3. The molecule has 1 aliphatic rings. The minimum atomic E-state index is -1.36. The minimum absolute atomic E-state index is 0. The molecule has 5 heteroatoms. The Morgan fingerprint density at radius 1 is 1.03 bits per heavy atom. The standard InChI is InChI=1S/C13H9.C11H19OSi.C2H4.2ClH.Zr/c1-3-7-12-10(5-1)9-11-6-2-4-8-13(11)12;1-10(12-13(2,3)4)9-11-7-5-6-8-11;1-2;;;/h1-9H;5,7,10H,6,9H2,1-4H3;1H,2H3;2*1H;/q2*-1;;;;+2/p-2. The number of hydrogen-bond donors (Lipinski definition) is 0. The van der Waals surface area contributed by atoms with Gasteiger partial charge in [-0.2, -0.15) is 6.08 Å². The average Bonchev–Trinajstić information content (AvgIpc) is 3.28. The second-order valence-electron chi connectivity index (χ2n) is 8.16. The van der Waals surface area contributed by atoms with Crippen LogP contribution >= 0.6 is 0 Å². The normalized spacial score (nSPS) is 13.1. The van der Waals surface area contributed by atoms with Crippen LogP contribution in [0.15, 0.2) is 72.3 Å². The van der Waals surface area contributed by atoms with E-state index in [4.69, 9.17) is 4.43 Å². The smallest absolute Gasteiger partial charge is 0.0771 e. The molecule has 0 fully saturated rings. The van der Waals surface area contributed by atoms with E-state index in [1.165, 1.54) is 51.4 Å². The second kappa shape index (κ2) is 15.2. The third-order valence-corrected chi connectivity index (χ3v) is 5.46. The van der Waals surface area contributed by atoms with Crippen LogP contribution in [0, 0.1) is 6.08 Å². The van der Waals surface area contributed by atoms with E-state index < -0.39 is 8.32 Å². The first kappa shape index (κ1) is 30.3. The monoisotopic (exact) mass is 548 g/mol. The van der Waals surface area contributed by atoms with Crippen LogP contribution in [-0.2, 0) is 28.7 Å². The Balaban J connectivity index is 0.000000488. The number of halogens is 2. The third kappa shape index (κ3) is 10.6. The van der Waals surface area contributed by atoms with E-state index in [-0.39, 0.29) is 24.8 Å². The molecule has 4 rings (SSSR count). The summed E-state index contributed by atoms with van der Waals surface area (Å²) in [4.78, 5) is 0. The number of fused-ring (bicyclic) bond motifs is 3.